The number of fused-ring (bicyclic) bond motifs is 4. The number of rotatable bonds is 1. The first-order chi connectivity index (χ1) is 10.0. The van der Waals surface area contributed by atoms with Crippen molar-refractivity contribution >= 4 is 0 Å². The van der Waals surface area contributed by atoms with Crippen molar-refractivity contribution in [3.8, 4) is 0 Å². The summed E-state index contributed by atoms with van der Waals surface area (Å²) in [4.78, 5) is 0. The fourth-order valence-corrected chi connectivity index (χ4v) is 4.59. The highest BCUT2D eigenvalue weighted by molar-refractivity contribution is 5.39. The highest BCUT2D eigenvalue weighted by atomic mass is 16.7. The van der Waals surface area contributed by atoms with E-state index in [0.29, 0.717) is 11.8 Å². The van der Waals surface area contributed by atoms with Gasteiger partial charge in [-0.2, -0.15) is 0 Å². The molecule has 3 aliphatic rings. The Morgan fingerprint density at radius 3 is 2.62 bits per heavy atom. The lowest BCUT2D eigenvalue weighted by atomic mass is 9.51. The monoisotopic (exact) mass is 288 g/mol. The van der Waals surface area contributed by atoms with Gasteiger partial charge in [-0.05, 0) is 49.7 Å². The van der Waals surface area contributed by atoms with Crippen molar-refractivity contribution in [1.82, 2.24) is 0 Å². The standard InChI is InChI=1S/C18H24O3/c1-17(2,19)14-10-15-16(14)13-7-4-3-6-12(13)11-18(15)20-8-5-9-21-18/h3-4,6-7,14-16,19H,5,8-11H2,1-2H3/t14-,15-,16+/m0/s1. The Bertz CT molecular complexity index is 540. The molecule has 3 nitrogen and oxygen atoms in total. The number of aliphatic hydroxyl groups is 1. The molecule has 1 heterocycles. The fraction of sp³-hybridized carbons (Fsp3) is 0.667. The van der Waals surface area contributed by atoms with E-state index in [1.54, 1.807) is 0 Å². The van der Waals surface area contributed by atoms with Crippen LogP contribution in [-0.2, 0) is 15.9 Å². The quantitative estimate of drug-likeness (QED) is 0.863. The molecule has 1 N–H and O–H groups in total. The van der Waals surface area contributed by atoms with E-state index >= 15 is 0 Å². The third-order valence-electron chi connectivity index (χ3n) is 5.68. The van der Waals surface area contributed by atoms with Crippen LogP contribution in [0.15, 0.2) is 24.3 Å². The van der Waals surface area contributed by atoms with Crippen molar-refractivity contribution < 1.29 is 14.6 Å². The Balaban J connectivity index is 1.76. The third kappa shape index (κ3) is 1.98. The zero-order chi connectivity index (χ0) is 14.7. The molecule has 1 saturated carbocycles. The molecule has 1 aliphatic heterocycles. The lowest BCUT2D eigenvalue weighted by Gasteiger charge is -2.60. The van der Waals surface area contributed by atoms with Crippen molar-refractivity contribution in [3.63, 3.8) is 0 Å². The van der Waals surface area contributed by atoms with Gasteiger partial charge < -0.3 is 14.6 Å². The second-order valence-electron chi connectivity index (χ2n) is 7.37. The number of hydrogen-bond acceptors (Lipinski definition) is 3. The Morgan fingerprint density at radius 2 is 1.90 bits per heavy atom. The van der Waals surface area contributed by atoms with Gasteiger partial charge in [-0.3, -0.25) is 0 Å². The predicted molar refractivity (Wildman–Crippen MR) is 80.0 cm³/mol. The first kappa shape index (κ1) is 13.7. The highest BCUT2D eigenvalue weighted by Crippen LogP contribution is 2.61. The van der Waals surface area contributed by atoms with E-state index in [1.807, 2.05) is 13.8 Å². The molecule has 1 aromatic carbocycles. The third-order valence-corrected chi connectivity index (χ3v) is 5.68. The average Bonchev–Trinajstić information content (AvgIpc) is 2.38. The number of benzene rings is 1. The van der Waals surface area contributed by atoms with Gasteiger partial charge in [0.15, 0.2) is 5.79 Å². The van der Waals surface area contributed by atoms with Crippen LogP contribution in [0.1, 0.15) is 43.7 Å². The van der Waals surface area contributed by atoms with Gasteiger partial charge in [-0.25, -0.2) is 0 Å². The summed E-state index contributed by atoms with van der Waals surface area (Å²) in [5, 5.41) is 10.5. The Labute approximate surface area is 126 Å². The van der Waals surface area contributed by atoms with E-state index in [4.69, 9.17) is 9.47 Å². The van der Waals surface area contributed by atoms with E-state index < -0.39 is 11.4 Å². The van der Waals surface area contributed by atoms with Crippen LogP contribution in [0.3, 0.4) is 0 Å². The molecular weight excluding hydrogens is 264 g/mol. The molecule has 0 radical (unpaired) electrons. The van der Waals surface area contributed by atoms with Crippen LogP contribution in [-0.4, -0.2) is 29.7 Å². The van der Waals surface area contributed by atoms with Gasteiger partial charge in [0.05, 0.1) is 18.8 Å². The Kier molecular flexibility index (Phi) is 2.97. The summed E-state index contributed by atoms with van der Waals surface area (Å²) >= 11 is 0. The Morgan fingerprint density at radius 1 is 1.19 bits per heavy atom. The molecule has 2 fully saturated rings. The van der Waals surface area contributed by atoms with Crippen molar-refractivity contribution in [2.45, 2.75) is 50.4 Å². The predicted octanol–water partition coefficient (Wildman–Crippen LogP) is 2.87. The summed E-state index contributed by atoms with van der Waals surface area (Å²) in [7, 11) is 0. The van der Waals surface area contributed by atoms with E-state index in [-0.39, 0.29) is 5.92 Å². The molecule has 114 valence electrons. The molecule has 3 heteroatoms. The zero-order valence-electron chi connectivity index (χ0n) is 12.8. The zero-order valence-corrected chi connectivity index (χ0v) is 12.8. The topological polar surface area (TPSA) is 38.7 Å². The van der Waals surface area contributed by atoms with E-state index in [1.165, 1.54) is 11.1 Å². The van der Waals surface area contributed by atoms with Gasteiger partial charge in [-0.1, -0.05) is 24.3 Å². The molecule has 2 aliphatic carbocycles. The molecule has 0 aromatic heterocycles. The smallest absolute Gasteiger partial charge is 0.175 e. The molecule has 21 heavy (non-hydrogen) atoms. The van der Waals surface area contributed by atoms with Gasteiger partial charge in [0.25, 0.3) is 0 Å². The molecule has 4 rings (SSSR count). The maximum atomic E-state index is 10.5. The summed E-state index contributed by atoms with van der Waals surface area (Å²) in [5.41, 5.74) is 2.07. The van der Waals surface area contributed by atoms with Crippen LogP contribution < -0.4 is 0 Å². The first-order valence-corrected chi connectivity index (χ1v) is 8.09. The van der Waals surface area contributed by atoms with Crippen LogP contribution in [0, 0.1) is 11.8 Å². The fourth-order valence-electron chi connectivity index (χ4n) is 4.59. The lowest BCUT2D eigenvalue weighted by Crippen LogP contribution is -2.62. The summed E-state index contributed by atoms with van der Waals surface area (Å²) in [6.45, 7) is 5.44. The van der Waals surface area contributed by atoms with Crippen LogP contribution in [0.4, 0.5) is 0 Å². The SMILES string of the molecule is CC(C)(O)[C@H]1C[C@H]2[C@@H]1c1ccccc1CC21OCCCO1. The second kappa shape index (κ2) is 4.55. The minimum absolute atomic E-state index is 0.287. The molecular formula is C18H24O3. The van der Waals surface area contributed by atoms with E-state index in [2.05, 4.69) is 24.3 Å². The van der Waals surface area contributed by atoms with Crippen molar-refractivity contribution in [3.05, 3.63) is 35.4 Å². The summed E-state index contributed by atoms with van der Waals surface area (Å²) < 4.78 is 12.3. The molecule has 0 bridgehead atoms. The molecule has 1 saturated heterocycles. The van der Waals surface area contributed by atoms with Crippen molar-refractivity contribution in [1.29, 1.82) is 0 Å². The van der Waals surface area contributed by atoms with Gasteiger partial charge in [0, 0.05) is 12.3 Å². The van der Waals surface area contributed by atoms with Crippen molar-refractivity contribution in [2.75, 3.05) is 13.2 Å². The summed E-state index contributed by atoms with van der Waals surface area (Å²) in [6, 6.07) is 8.61. The first-order valence-electron chi connectivity index (χ1n) is 8.09. The molecule has 0 unspecified atom stereocenters. The normalized spacial score (nSPS) is 34.0. The number of ether oxygens (including phenoxy) is 2. The average molecular weight is 288 g/mol. The highest BCUT2D eigenvalue weighted by Gasteiger charge is 2.61. The molecule has 3 atom stereocenters. The Hall–Kier alpha value is -0.900. The minimum atomic E-state index is -0.651. The van der Waals surface area contributed by atoms with Gasteiger partial charge in [0.1, 0.15) is 0 Å². The summed E-state index contributed by atoms with van der Waals surface area (Å²) in [5.74, 6) is 0.575. The lowest BCUT2D eigenvalue weighted by molar-refractivity contribution is -0.324. The second-order valence-corrected chi connectivity index (χ2v) is 7.37. The largest absolute Gasteiger partial charge is 0.390 e. The molecule has 1 spiro atoms. The van der Waals surface area contributed by atoms with E-state index in [9.17, 15) is 5.11 Å². The van der Waals surface area contributed by atoms with Crippen LogP contribution >= 0.6 is 0 Å². The summed E-state index contributed by atoms with van der Waals surface area (Å²) in [6.07, 6.45) is 2.82. The number of hydrogen-bond donors (Lipinski definition) is 1. The van der Waals surface area contributed by atoms with E-state index in [0.717, 1.165) is 32.5 Å². The molecule has 1 aromatic rings. The maximum absolute atomic E-state index is 10.5. The van der Waals surface area contributed by atoms with Crippen LogP contribution in [0.5, 0.6) is 0 Å². The van der Waals surface area contributed by atoms with Crippen LogP contribution in [0.2, 0.25) is 0 Å². The van der Waals surface area contributed by atoms with Gasteiger partial charge in [0.2, 0.25) is 0 Å². The maximum Gasteiger partial charge on any atom is 0.175 e. The van der Waals surface area contributed by atoms with Crippen LogP contribution in [0.25, 0.3) is 0 Å². The molecule has 0 amide bonds. The van der Waals surface area contributed by atoms with Crippen molar-refractivity contribution in [2.24, 2.45) is 11.8 Å². The minimum Gasteiger partial charge on any atom is -0.390 e. The van der Waals surface area contributed by atoms with Gasteiger partial charge in [-0.15, -0.1) is 0 Å². The van der Waals surface area contributed by atoms with Gasteiger partial charge >= 0.3 is 0 Å².